The summed E-state index contributed by atoms with van der Waals surface area (Å²) in [5.74, 6) is 0. The third-order valence-electron chi connectivity index (χ3n) is 5.61. The molecule has 1 aliphatic heterocycles. The van der Waals surface area contributed by atoms with Gasteiger partial charge in [0.15, 0.2) is 5.11 Å². The summed E-state index contributed by atoms with van der Waals surface area (Å²) in [6.07, 6.45) is 9.14. The fourth-order valence-electron chi connectivity index (χ4n) is 4.21. The molecule has 6 nitrogen and oxygen atoms in total. The number of thiocarbonyl (C=S) groups is 1. The van der Waals surface area contributed by atoms with Gasteiger partial charge in [-0.2, -0.15) is 0 Å². The molecule has 1 N–H and O–H groups in total. The molecule has 0 bridgehead atoms. The molecular weight excluding hydrogens is 404 g/mol. The van der Waals surface area contributed by atoms with E-state index < -0.39 is 0 Å². The number of hydrogen-bond acceptors (Lipinski definition) is 4. The largest absolute Gasteiger partial charge is 0.352 e. The third kappa shape index (κ3) is 3.68. The minimum absolute atomic E-state index is 0.0375. The van der Waals surface area contributed by atoms with Crippen LogP contribution in [0.1, 0.15) is 34.7 Å². The lowest BCUT2D eigenvalue weighted by molar-refractivity contribution is 0.302. The molecule has 1 aliphatic rings. The van der Waals surface area contributed by atoms with Gasteiger partial charge in [-0.1, -0.05) is 6.07 Å². The van der Waals surface area contributed by atoms with Gasteiger partial charge in [-0.25, -0.2) is 0 Å². The summed E-state index contributed by atoms with van der Waals surface area (Å²) in [4.78, 5) is 15.4. The monoisotopic (exact) mass is 426 g/mol. The van der Waals surface area contributed by atoms with Crippen LogP contribution < -0.4 is 5.32 Å². The second-order valence-corrected chi connectivity index (χ2v) is 7.94. The first-order valence-corrected chi connectivity index (χ1v) is 10.6. The Morgan fingerprint density at radius 3 is 2.55 bits per heavy atom. The number of nitrogens with one attached hydrogen (secondary N) is 1. The smallest absolute Gasteiger partial charge is 0.170 e. The highest BCUT2D eigenvalue weighted by molar-refractivity contribution is 7.80. The van der Waals surface area contributed by atoms with Gasteiger partial charge in [0.1, 0.15) is 0 Å². The molecule has 2 atom stereocenters. The van der Waals surface area contributed by atoms with Gasteiger partial charge in [0.2, 0.25) is 0 Å². The molecule has 0 spiro atoms. The Labute approximate surface area is 186 Å². The number of aromatic nitrogens is 4. The molecule has 0 amide bonds. The maximum Gasteiger partial charge on any atom is 0.170 e. The molecule has 2 unspecified atom stereocenters. The minimum Gasteiger partial charge on any atom is -0.352 e. The normalized spacial score (nSPS) is 18.2. The molecule has 4 aromatic rings. The SMILES string of the molecule is Cc1ccc(C2C(c3ccccn3)NC(=S)N2Cc2ccncc2)n1-c1cccnc1. The first kappa shape index (κ1) is 19.4. The van der Waals surface area contributed by atoms with Gasteiger partial charge in [0.25, 0.3) is 0 Å². The van der Waals surface area contributed by atoms with Gasteiger partial charge in [-0.15, -0.1) is 0 Å². The Morgan fingerprint density at radius 1 is 0.935 bits per heavy atom. The molecule has 0 saturated carbocycles. The van der Waals surface area contributed by atoms with E-state index in [1.165, 1.54) is 0 Å². The summed E-state index contributed by atoms with van der Waals surface area (Å²) in [6, 6.07) is 18.3. The van der Waals surface area contributed by atoms with Crippen LogP contribution in [0.15, 0.2) is 85.6 Å². The van der Waals surface area contributed by atoms with Gasteiger partial charge in [0.05, 0.1) is 29.7 Å². The Hall–Kier alpha value is -3.58. The number of nitrogens with zero attached hydrogens (tertiary/aromatic N) is 5. The molecule has 154 valence electrons. The van der Waals surface area contributed by atoms with Crippen LogP contribution >= 0.6 is 12.2 Å². The van der Waals surface area contributed by atoms with Gasteiger partial charge < -0.3 is 14.8 Å². The zero-order chi connectivity index (χ0) is 21.2. The zero-order valence-corrected chi connectivity index (χ0v) is 17.9. The van der Waals surface area contributed by atoms with Crippen LogP contribution in [0.25, 0.3) is 5.69 Å². The highest BCUT2D eigenvalue weighted by Crippen LogP contribution is 2.40. The molecule has 4 aromatic heterocycles. The van der Waals surface area contributed by atoms with Crippen molar-refractivity contribution in [1.29, 1.82) is 0 Å². The molecule has 0 radical (unpaired) electrons. The minimum atomic E-state index is -0.0692. The topological polar surface area (TPSA) is 58.9 Å². The average molecular weight is 427 g/mol. The zero-order valence-electron chi connectivity index (χ0n) is 17.1. The van der Waals surface area contributed by atoms with E-state index in [1.54, 1.807) is 6.20 Å². The Kier molecular flexibility index (Phi) is 5.18. The van der Waals surface area contributed by atoms with Crippen molar-refractivity contribution < 1.29 is 0 Å². The summed E-state index contributed by atoms with van der Waals surface area (Å²) in [7, 11) is 0. The second kappa shape index (κ2) is 8.28. The van der Waals surface area contributed by atoms with Crippen LogP contribution in [0.3, 0.4) is 0 Å². The summed E-state index contributed by atoms with van der Waals surface area (Å²) in [6.45, 7) is 2.79. The lowest BCUT2D eigenvalue weighted by Crippen LogP contribution is -2.30. The standard InChI is InChI=1S/C24H22N6S/c1-17-7-8-21(30(17)19-5-4-11-26-15-19)23-22(20-6-2-3-12-27-20)28-24(31)29(23)16-18-9-13-25-14-10-18/h2-15,22-23H,16H2,1H3,(H,28,31). The number of aryl methyl sites for hydroxylation is 1. The molecule has 5 rings (SSSR count). The van der Waals surface area contributed by atoms with E-state index in [1.807, 2.05) is 61.2 Å². The maximum atomic E-state index is 5.81. The van der Waals surface area contributed by atoms with Crippen LogP contribution in [0.5, 0.6) is 0 Å². The van der Waals surface area contributed by atoms with E-state index in [2.05, 4.69) is 54.9 Å². The quantitative estimate of drug-likeness (QED) is 0.484. The highest BCUT2D eigenvalue weighted by atomic mass is 32.1. The maximum absolute atomic E-state index is 5.81. The lowest BCUT2D eigenvalue weighted by atomic mass is 10.0. The lowest BCUT2D eigenvalue weighted by Gasteiger charge is -2.29. The molecule has 31 heavy (non-hydrogen) atoms. The molecular formula is C24H22N6S. The van der Waals surface area contributed by atoms with Gasteiger partial charge in [0, 0.05) is 42.7 Å². The van der Waals surface area contributed by atoms with E-state index >= 15 is 0 Å². The predicted octanol–water partition coefficient (Wildman–Crippen LogP) is 4.14. The summed E-state index contributed by atoms with van der Waals surface area (Å²) in [5.41, 5.74) is 5.43. The van der Waals surface area contributed by atoms with Crippen LogP contribution in [0.4, 0.5) is 0 Å². The van der Waals surface area contributed by atoms with Crippen molar-refractivity contribution in [1.82, 2.24) is 29.7 Å². The van der Waals surface area contributed by atoms with Crippen molar-refractivity contribution in [3.8, 4) is 5.69 Å². The number of hydrogen-bond donors (Lipinski definition) is 1. The van der Waals surface area contributed by atoms with E-state index in [9.17, 15) is 0 Å². The number of pyridine rings is 3. The molecule has 1 fully saturated rings. The fourth-order valence-corrected chi connectivity index (χ4v) is 4.52. The van der Waals surface area contributed by atoms with Crippen molar-refractivity contribution in [3.05, 3.63) is 108 Å². The van der Waals surface area contributed by atoms with Crippen molar-refractivity contribution in [3.63, 3.8) is 0 Å². The van der Waals surface area contributed by atoms with E-state index in [-0.39, 0.29) is 12.1 Å². The molecule has 0 aliphatic carbocycles. The Balaban J connectivity index is 1.63. The first-order chi connectivity index (χ1) is 15.2. The van der Waals surface area contributed by atoms with Crippen LogP contribution in [-0.4, -0.2) is 29.5 Å². The third-order valence-corrected chi connectivity index (χ3v) is 5.97. The molecule has 7 heteroatoms. The van der Waals surface area contributed by atoms with E-state index in [0.29, 0.717) is 11.7 Å². The summed E-state index contributed by atoms with van der Waals surface area (Å²) in [5, 5.41) is 4.24. The molecule has 0 aromatic carbocycles. The van der Waals surface area contributed by atoms with Crippen LogP contribution in [-0.2, 0) is 6.54 Å². The van der Waals surface area contributed by atoms with Crippen molar-refractivity contribution >= 4 is 17.3 Å². The first-order valence-electron chi connectivity index (χ1n) is 10.2. The van der Waals surface area contributed by atoms with Crippen molar-refractivity contribution in [2.24, 2.45) is 0 Å². The average Bonchev–Trinajstić information content (AvgIpc) is 3.35. The van der Waals surface area contributed by atoms with Gasteiger partial charge in [-0.05, 0) is 73.2 Å². The van der Waals surface area contributed by atoms with E-state index in [0.717, 1.165) is 28.3 Å². The van der Waals surface area contributed by atoms with Crippen LogP contribution in [0, 0.1) is 6.92 Å². The van der Waals surface area contributed by atoms with Gasteiger partial charge in [-0.3, -0.25) is 15.0 Å². The number of rotatable bonds is 5. The summed E-state index contributed by atoms with van der Waals surface area (Å²) < 4.78 is 2.25. The Bertz CT molecular complexity index is 1180. The fraction of sp³-hybridized carbons (Fsp3) is 0.167. The van der Waals surface area contributed by atoms with Crippen LogP contribution in [0.2, 0.25) is 0 Å². The molecule has 1 saturated heterocycles. The van der Waals surface area contributed by atoms with Gasteiger partial charge >= 0.3 is 0 Å². The van der Waals surface area contributed by atoms with E-state index in [4.69, 9.17) is 12.2 Å². The summed E-state index contributed by atoms with van der Waals surface area (Å²) >= 11 is 5.81. The Morgan fingerprint density at radius 2 is 1.81 bits per heavy atom. The molecule has 5 heterocycles. The van der Waals surface area contributed by atoms with Crippen molar-refractivity contribution in [2.75, 3.05) is 0 Å². The predicted molar refractivity (Wildman–Crippen MR) is 124 cm³/mol. The highest BCUT2D eigenvalue weighted by Gasteiger charge is 2.41. The van der Waals surface area contributed by atoms with Crippen molar-refractivity contribution in [2.45, 2.75) is 25.6 Å². The second-order valence-electron chi connectivity index (χ2n) is 7.56.